The van der Waals surface area contributed by atoms with Crippen molar-refractivity contribution in [1.82, 2.24) is 5.32 Å². The van der Waals surface area contributed by atoms with Gasteiger partial charge < -0.3 is 24.3 Å². The Kier molecular flexibility index (Phi) is 7.95. The molecular formula is C20H22ClNO6. The van der Waals surface area contributed by atoms with Crippen LogP contribution in [-0.4, -0.2) is 38.8 Å². The van der Waals surface area contributed by atoms with Crippen LogP contribution in [0, 0.1) is 0 Å². The molecule has 0 aliphatic rings. The van der Waals surface area contributed by atoms with Crippen molar-refractivity contribution in [1.29, 1.82) is 0 Å². The summed E-state index contributed by atoms with van der Waals surface area (Å²) in [5.74, 6) is 0.569. The number of rotatable bonds is 9. The number of esters is 1. The van der Waals surface area contributed by atoms with E-state index in [2.05, 4.69) is 5.32 Å². The van der Waals surface area contributed by atoms with Gasteiger partial charge in [0.25, 0.3) is 5.91 Å². The van der Waals surface area contributed by atoms with Gasteiger partial charge in [0, 0.05) is 11.6 Å². The second-order valence-electron chi connectivity index (χ2n) is 5.79. The lowest BCUT2D eigenvalue weighted by atomic mass is 10.2. The van der Waals surface area contributed by atoms with E-state index in [0.29, 0.717) is 22.3 Å². The average Bonchev–Trinajstić information content (AvgIpc) is 2.71. The highest BCUT2D eigenvalue weighted by atomic mass is 35.5. The molecule has 150 valence electrons. The first-order valence-electron chi connectivity index (χ1n) is 8.49. The number of methoxy groups -OCH3 is 2. The van der Waals surface area contributed by atoms with E-state index in [-0.39, 0.29) is 6.54 Å². The van der Waals surface area contributed by atoms with Gasteiger partial charge in [-0.05, 0) is 48.9 Å². The van der Waals surface area contributed by atoms with Gasteiger partial charge in [-0.2, -0.15) is 0 Å². The monoisotopic (exact) mass is 407 g/mol. The smallest absolute Gasteiger partial charge is 0.347 e. The molecule has 1 amide bonds. The Labute approximate surface area is 168 Å². The third-order valence-corrected chi connectivity index (χ3v) is 3.99. The molecule has 0 aliphatic carbocycles. The number of benzene rings is 2. The van der Waals surface area contributed by atoms with Crippen molar-refractivity contribution in [2.45, 2.75) is 19.6 Å². The van der Waals surface area contributed by atoms with Crippen molar-refractivity contribution >= 4 is 23.5 Å². The molecule has 8 heteroatoms. The fourth-order valence-electron chi connectivity index (χ4n) is 2.26. The molecule has 2 rings (SSSR count). The third-order valence-electron chi connectivity index (χ3n) is 3.74. The van der Waals surface area contributed by atoms with Crippen molar-refractivity contribution in [2.75, 3.05) is 20.8 Å². The standard InChI is InChI=1S/C20H22ClNO6/c1-13(28-16-7-5-15(21)6-8-16)20(24)27-12-19(23)22-11-14-4-9-17(25-2)18(10-14)26-3/h4-10,13H,11-12H2,1-3H3,(H,22,23)/t13-/m1/s1. The van der Waals surface area contributed by atoms with Crippen molar-refractivity contribution in [3.63, 3.8) is 0 Å². The number of ether oxygens (including phenoxy) is 4. The van der Waals surface area contributed by atoms with E-state index in [4.69, 9.17) is 30.5 Å². The first-order chi connectivity index (χ1) is 13.4. The summed E-state index contributed by atoms with van der Waals surface area (Å²) < 4.78 is 20.8. The van der Waals surface area contributed by atoms with E-state index in [0.717, 1.165) is 5.56 Å². The Morgan fingerprint density at radius 1 is 1.04 bits per heavy atom. The number of carbonyl (C=O) groups is 2. The Morgan fingerprint density at radius 3 is 2.36 bits per heavy atom. The van der Waals surface area contributed by atoms with Gasteiger partial charge in [0.15, 0.2) is 24.2 Å². The van der Waals surface area contributed by atoms with Crippen LogP contribution in [0.15, 0.2) is 42.5 Å². The number of amides is 1. The molecule has 0 saturated carbocycles. The van der Waals surface area contributed by atoms with E-state index < -0.39 is 24.6 Å². The van der Waals surface area contributed by atoms with Gasteiger partial charge in [0.05, 0.1) is 14.2 Å². The highest BCUT2D eigenvalue weighted by Crippen LogP contribution is 2.27. The van der Waals surface area contributed by atoms with E-state index in [1.54, 1.807) is 56.5 Å². The summed E-state index contributed by atoms with van der Waals surface area (Å²) >= 11 is 5.80. The highest BCUT2D eigenvalue weighted by Gasteiger charge is 2.18. The Hall–Kier alpha value is -2.93. The zero-order valence-electron chi connectivity index (χ0n) is 15.9. The third kappa shape index (κ3) is 6.35. The van der Waals surface area contributed by atoms with Crippen LogP contribution in [-0.2, 0) is 20.9 Å². The number of nitrogens with one attached hydrogen (secondary N) is 1. The molecule has 7 nitrogen and oxygen atoms in total. The minimum atomic E-state index is -0.861. The van der Waals surface area contributed by atoms with Crippen LogP contribution < -0.4 is 19.5 Å². The van der Waals surface area contributed by atoms with Gasteiger partial charge in [-0.25, -0.2) is 4.79 Å². The van der Waals surface area contributed by atoms with E-state index >= 15 is 0 Å². The molecule has 2 aromatic carbocycles. The lowest BCUT2D eigenvalue weighted by Crippen LogP contribution is -2.32. The first-order valence-corrected chi connectivity index (χ1v) is 8.87. The molecule has 2 aromatic rings. The molecule has 1 atom stereocenters. The number of halogens is 1. The van der Waals surface area contributed by atoms with Crippen LogP contribution in [0.3, 0.4) is 0 Å². The Balaban J connectivity index is 1.77. The average molecular weight is 408 g/mol. The maximum absolute atomic E-state index is 12.0. The highest BCUT2D eigenvalue weighted by molar-refractivity contribution is 6.30. The van der Waals surface area contributed by atoms with Crippen LogP contribution >= 0.6 is 11.6 Å². The first kappa shape index (κ1) is 21.4. The van der Waals surface area contributed by atoms with E-state index in [9.17, 15) is 9.59 Å². The maximum atomic E-state index is 12.0. The predicted molar refractivity (Wildman–Crippen MR) is 104 cm³/mol. The fraction of sp³-hybridized carbons (Fsp3) is 0.300. The molecule has 0 unspecified atom stereocenters. The van der Waals surface area contributed by atoms with Gasteiger partial charge in [-0.1, -0.05) is 17.7 Å². The molecule has 0 aromatic heterocycles. The van der Waals surface area contributed by atoms with Crippen molar-refractivity contribution in [3.05, 3.63) is 53.1 Å². The minimum absolute atomic E-state index is 0.258. The van der Waals surface area contributed by atoms with E-state index in [1.807, 2.05) is 0 Å². The second kappa shape index (κ2) is 10.4. The SMILES string of the molecule is COc1ccc(CNC(=O)COC(=O)[C@@H](C)Oc2ccc(Cl)cc2)cc1OC. The lowest BCUT2D eigenvalue weighted by molar-refractivity contribution is -0.154. The quantitative estimate of drug-likeness (QED) is 0.643. The van der Waals surface area contributed by atoms with Gasteiger partial charge in [-0.3, -0.25) is 4.79 Å². The minimum Gasteiger partial charge on any atom is -0.493 e. The Morgan fingerprint density at radius 2 is 1.71 bits per heavy atom. The summed E-state index contributed by atoms with van der Waals surface area (Å²) in [6, 6.07) is 11.9. The lowest BCUT2D eigenvalue weighted by Gasteiger charge is -2.14. The molecule has 0 bridgehead atoms. The summed E-state index contributed by atoms with van der Waals surface area (Å²) in [6.45, 7) is 1.40. The summed E-state index contributed by atoms with van der Waals surface area (Å²) in [7, 11) is 3.08. The van der Waals surface area contributed by atoms with Gasteiger partial charge in [0.2, 0.25) is 0 Å². The molecule has 0 fully saturated rings. The Bertz CT molecular complexity index is 809. The molecule has 0 radical (unpaired) electrons. The van der Waals surface area contributed by atoms with Gasteiger partial charge in [0.1, 0.15) is 5.75 Å². The van der Waals surface area contributed by atoms with E-state index in [1.165, 1.54) is 7.11 Å². The maximum Gasteiger partial charge on any atom is 0.347 e. The number of hydrogen-bond donors (Lipinski definition) is 1. The van der Waals surface area contributed by atoms with Gasteiger partial charge in [-0.15, -0.1) is 0 Å². The molecule has 0 spiro atoms. The van der Waals surface area contributed by atoms with Crippen LogP contribution in [0.5, 0.6) is 17.2 Å². The second-order valence-corrected chi connectivity index (χ2v) is 6.22. The summed E-state index contributed by atoms with van der Waals surface area (Å²) in [5.41, 5.74) is 0.816. The fourth-order valence-corrected chi connectivity index (χ4v) is 2.39. The van der Waals surface area contributed by atoms with Crippen molar-refractivity contribution in [2.24, 2.45) is 0 Å². The molecule has 0 saturated heterocycles. The molecule has 0 aliphatic heterocycles. The number of carbonyl (C=O) groups excluding carboxylic acids is 2. The van der Waals surface area contributed by atoms with Crippen molar-refractivity contribution in [3.8, 4) is 17.2 Å². The van der Waals surface area contributed by atoms with Crippen LogP contribution in [0.25, 0.3) is 0 Å². The topological polar surface area (TPSA) is 83.1 Å². The normalized spacial score (nSPS) is 11.3. The molecular weight excluding hydrogens is 386 g/mol. The zero-order chi connectivity index (χ0) is 20.5. The molecule has 1 N–H and O–H groups in total. The van der Waals surface area contributed by atoms with Crippen LogP contribution in [0.2, 0.25) is 5.02 Å². The molecule has 28 heavy (non-hydrogen) atoms. The summed E-state index contributed by atoms with van der Waals surface area (Å²) in [4.78, 5) is 23.9. The van der Waals surface area contributed by atoms with Gasteiger partial charge >= 0.3 is 5.97 Å². The molecule has 0 heterocycles. The summed E-state index contributed by atoms with van der Waals surface area (Å²) in [6.07, 6.45) is -0.861. The van der Waals surface area contributed by atoms with Crippen LogP contribution in [0.1, 0.15) is 12.5 Å². The summed E-state index contributed by atoms with van der Waals surface area (Å²) in [5, 5.41) is 3.23. The van der Waals surface area contributed by atoms with Crippen molar-refractivity contribution < 1.29 is 28.5 Å². The predicted octanol–water partition coefficient (Wildman–Crippen LogP) is 2.98. The number of hydrogen-bond acceptors (Lipinski definition) is 6. The largest absolute Gasteiger partial charge is 0.493 e. The van der Waals surface area contributed by atoms with Crippen LogP contribution in [0.4, 0.5) is 0 Å². The zero-order valence-corrected chi connectivity index (χ0v) is 16.6.